The minimum absolute atomic E-state index is 0.369. The van der Waals surface area contributed by atoms with Crippen LogP contribution >= 0.6 is 0 Å². The molecule has 5 heteroatoms. The minimum atomic E-state index is 0.369. The molecule has 80 valence electrons. The van der Waals surface area contributed by atoms with Crippen LogP contribution < -0.4 is 5.32 Å². The first-order valence-electron chi connectivity index (χ1n) is 5.06. The molecule has 0 radical (unpaired) electrons. The molecule has 0 aromatic carbocycles. The maximum atomic E-state index is 4.00. The molecule has 0 bridgehead atoms. The largest absolute Gasteiger partial charge is 0.313 e. The third-order valence-electron chi connectivity index (χ3n) is 2.13. The Hall–Kier alpha value is -0.970. The second-order valence-electron chi connectivity index (χ2n) is 4.05. The van der Waals surface area contributed by atoms with E-state index in [2.05, 4.69) is 41.6 Å². The molecule has 0 saturated heterocycles. The van der Waals surface area contributed by atoms with Crippen LogP contribution in [0.25, 0.3) is 0 Å². The van der Waals surface area contributed by atoms with E-state index in [1.165, 1.54) is 0 Å². The molecule has 0 saturated carbocycles. The lowest BCUT2D eigenvalue weighted by molar-refractivity contribution is 0.379. The van der Waals surface area contributed by atoms with E-state index >= 15 is 0 Å². The van der Waals surface area contributed by atoms with Gasteiger partial charge in [-0.25, -0.2) is 4.68 Å². The summed E-state index contributed by atoms with van der Waals surface area (Å²) in [5.74, 6) is 1.57. The van der Waals surface area contributed by atoms with Crippen molar-refractivity contribution in [2.75, 3.05) is 7.05 Å². The Morgan fingerprint density at radius 2 is 2.07 bits per heavy atom. The van der Waals surface area contributed by atoms with Crippen molar-refractivity contribution < 1.29 is 0 Å². The van der Waals surface area contributed by atoms with Crippen LogP contribution in [0.15, 0.2) is 0 Å². The van der Waals surface area contributed by atoms with Gasteiger partial charge >= 0.3 is 0 Å². The van der Waals surface area contributed by atoms with E-state index in [4.69, 9.17) is 0 Å². The molecular weight excluding hydrogens is 178 g/mol. The molecule has 1 rings (SSSR count). The summed E-state index contributed by atoms with van der Waals surface area (Å²) in [5, 5.41) is 14.7. The SMILES string of the molecule is CNCc1nnnn1C(C)CC(C)C. The highest BCUT2D eigenvalue weighted by Gasteiger charge is 2.13. The molecule has 1 atom stereocenters. The van der Waals surface area contributed by atoms with Crippen LogP contribution in [0.4, 0.5) is 0 Å². The van der Waals surface area contributed by atoms with Crippen molar-refractivity contribution in [3.05, 3.63) is 5.82 Å². The summed E-state index contributed by atoms with van der Waals surface area (Å²) in [6.45, 7) is 7.28. The Labute approximate surface area is 84.9 Å². The quantitative estimate of drug-likeness (QED) is 0.765. The van der Waals surface area contributed by atoms with Crippen LogP contribution in [-0.2, 0) is 6.54 Å². The van der Waals surface area contributed by atoms with E-state index in [9.17, 15) is 0 Å². The highest BCUT2D eigenvalue weighted by molar-refractivity contribution is 4.82. The third-order valence-corrected chi connectivity index (χ3v) is 2.13. The summed E-state index contributed by atoms with van der Waals surface area (Å²) >= 11 is 0. The topological polar surface area (TPSA) is 55.6 Å². The molecule has 1 aromatic heterocycles. The van der Waals surface area contributed by atoms with E-state index in [1.54, 1.807) is 0 Å². The Morgan fingerprint density at radius 1 is 1.36 bits per heavy atom. The van der Waals surface area contributed by atoms with Crippen molar-refractivity contribution in [2.45, 2.75) is 39.8 Å². The van der Waals surface area contributed by atoms with E-state index in [1.807, 2.05) is 11.7 Å². The van der Waals surface area contributed by atoms with Gasteiger partial charge in [0.25, 0.3) is 0 Å². The molecule has 0 amide bonds. The fourth-order valence-electron chi connectivity index (χ4n) is 1.61. The first kappa shape index (κ1) is 11.1. The van der Waals surface area contributed by atoms with E-state index in [0.29, 0.717) is 12.0 Å². The van der Waals surface area contributed by atoms with Gasteiger partial charge in [0.1, 0.15) is 0 Å². The van der Waals surface area contributed by atoms with Gasteiger partial charge in [0, 0.05) is 0 Å². The minimum Gasteiger partial charge on any atom is -0.313 e. The summed E-state index contributed by atoms with van der Waals surface area (Å²) in [5.41, 5.74) is 0. The van der Waals surface area contributed by atoms with Crippen LogP contribution in [0, 0.1) is 5.92 Å². The Morgan fingerprint density at radius 3 is 2.64 bits per heavy atom. The zero-order chi connectivity index (χ0) is 10.6. The maximum Gasteiger partial charge on any atom is 0.165 e. The van der Waals surface area contributed by atoms with Crippen molar-refractivity contribution in [1.82, 2.24) is 25.5 Å². The molecule has 0 aliphatic carbocycles. The van der Waals surface area contributed by atoms with Crippen LogP contribution in [0.5, 0.6) is 0 Å². The van der Waals surface area contributed by atoms with Crippen LogP contribution in [0.2, 0.25) is 0 Å². The Bertz CT molecular complexity index is 268. The first-order chi connectivity index (χ1) is 6.65. The van der Waals surface area contributed by atoms with Gasteiger partial charge < -0.3 is 5.32 Å². The van der Waals surface area contributed by atoms with E-state index < -0.39 is 0 Å². The summed E-state index contributed by atoms with van der Waals surface area (Å²) in [6.07, 6.45) is 1.10. The number of aromatic nitrogens is 4. The van der Waals surface area contributed by atoms with Gasteiger partial charge in [0.2, 0.25) is 0 Å². The molecule has 0 spiro atoms. The predicted molar refractivity (Wildman–Crippen MR) is 54.7 cm³/mol. The van der Waals surface area contributed by atoms with Gasteiger partial charge in [0.15, 0.2) is 5.82 Å². The number of hydrogen-bond acceptors (Lipinski definition) is 4. The number of nitrogens with zero attached hydrogens (tertiary/aromatic N) is 4. The fraction of sp³-hybridized carbons (Fsp3) is 0.889. The van der Waals surface area contributed by atoms with Gasteiger partial charge in [0.05, 0.1) is 12.6 Å². The normalized spacial score (nSPS) is 13.5. The lowest BCUT2D eigenvalue weighted by Crippen LogP contribution is -2.17. The summed E-state index contributed by atoms with van der Waals surface area (Å²) < 4.78 is 1.90. The molecule has 0 aliphatic heterocycles. The molecular formula is C9H19N5. The first-order valence-corrected chi connectivity index (χ1v) is 5.06. The fourth-order valence-corrected chi connectivity index (χ4v) is 1.61. The lowest BCUT2D eigenvalue weighted by atomic mass is 10.1. The molecule has 1 unspecified atom stereocenters. The molecule has 0 aliphatic rings. The van der Waals surface area contributed by atoms with Crippen molar-refractivity contribution in [2.24, 2.45) is 5.92 Å². The molecule has 14 heavy (non-hydrogen) atoms. The average molecular weight is 197 g/mol. The van der Waals surface area contributed by atoms with E-state index in [0.717, 1.165) is 18.8 Å². The number of hydrogen-bond donors (Lipinski definition) is 1. The van der Waals surface area contributed by atoms with Gasteiger partial charge in [-0.1, -0.05) is 13.8 Å². The Balaban J connectivity index is 2.68. The van der Waals surface area contributed by atoms with Crippen LogP contribution in [0.1, 0.15) is 39.1 Å². The molecule has 0 fully saturated rings. The smallest absolute Gasteiger partial charge is 0.165 e. The van der Waals surface area contributed by atoms with Crippen molar-refractivity contribution in [1.29, 1.82) is 0 Å². The lowest BCUT2D eigenvalue weighted by Gasteiger charge is -2.15. The maximum absolute atomic E-state index is 4.00. The van der Waals surface area contributed by atoms with Crippen molar-refractivity contribution >= 4 is 0 Å². The second-order valence-corrected chi connectivity index (χ2v) is 4.05. The van der Waals surface area contributed by atoms with Gasteiger partial charge in [-0.2, -0.15) is 0 Å². The summed E-state index contributed by atoms with van der Waals surface area (Å²) in [4.78, 5) is 0. The number of tetrazole rings is 1. The second kappa shape index (κ2) is 5.05. The monoisotopic (exact) mass is 197 g/mol. The third kappa shape index (κ3) is 2.77. The summed E-state index contributed by atoms with van der Waals surface area (Å²) in [7, 11) is 1.89. The zero-order valence-corrected chi connectivity index (χ0v) is 9.36. The zero-order valence-electron chi connectivity index (χ0n) is 9.36. The van der Waals surface area contributed by atoms with Gasteiger partial charge in [-0.05, 0) is 36.7 Å². The molecule has 1 aromatic rings. The van der Waals surface area contributed by atoms with E-state index in [-0.39, 0.29) is 0 Å². The molecule has 5 nitrogen and oxygen atoms in total. The van der Waals surface area contributed by atoms with Crippen molar-refractivity contribution in [3.63, 3.8) is 0 Å². The predicted octanol–water partition coefficient (Wildman–Crippen LogP) is 1.000. The Kier molecular flexibility index (Phi) is 4.00. The van der Waals surface area contributed by atoms with Crippen LogP contribution in [0.3, 0.4) is 0 Å². The van der Waals surface area contributed by atoms with Crippen molar-refractivity contribution in [3.8, 4) is 0 Å². The van der Waals surface area contributed by atoms with Crippen LogP contribution in [-0.4, -0.2) is 27.3 Å². The highest BCUT2D eigenvalue weighted by atomic mass is 15.6. The number of rotatable bonds is 5. The summed E-state index contributed by atoms with van der Waals surface area (Å²) in [6, 6.07) is 0.369. The molecule has 1 heterocycles. The molecule has 1 N–H and O–H groups in total. The highest BCUT2D eigenvalue weighted by Crippen LogP contribution is 2.16. The van der Waals surface area contributed by atoms with Gasteiger partial charge in [-0.3, -0.25) is 0 Å². The van der Waals surface area contributed by atoms with Gasteiger partial charge in [-0.15, -0.1) is 5.10 Å². The average Bonchev–Trinajstić information content (AvgIpc) is 2.51. The standard InChI is InChI=1S/C9H19N5/c1-7(2)5-8(3)14-9(6-10-4)11-12-13-14/h7-8,10H,5-6H2,1-4H3. The number of nitrogens with one attached hydrogen (secondary N) is 1.